The van der Waals surface area contributed by atoms with Crippen molar-refractivity contribution in [2.45, 2.75) is 25.4 Å². The Kier molecular flexibility index (Phi) is 5.12. The van der Waals surface area contributed by atoms with E-state index in [1.807, 2.05) is 0 Å². The molecule has 0 saturated carbocycles. The lowest BCUT2D eigenvalue weighted by Crippen LogP contribution is -2.24. The van der Waals surface area contributed by atoms with Gasteiger partial charge in [0.25, 0.3) is 0 Å². The van der Waals surface area contributed by atoms with Crippen LogP contribution in [0, 0.1) is 0 Å². The highest BCUT2D eigenvalue weighted by Crippen LogP contribution is 2.52. The van der Waals surface area contributed by atoms with E-state index in [4.69, 9.17) is 29.4 Å². The Bertz CT molecular complexity index is 477. The van der Waals surface area contributed by atoms with Gasteiger partial charge in [-0.1, -0.05) is 26.0 Å². The normalized spacial score (nSPS) is 13.6. The molecule has 1 aromatic carbocycles. The molecule has 7 N–H and O–H groups in total. The molecule has 0 heterocycles. The summed E-state index contributed by atoms with van der Waals surface area (Å²) in [6, 6.07) is 4.23. The zero-order valence-corrected chi connectivity index (χ0v) is 13.0. The van der Waals surface area contributed by atoms with E-state index in [0.717, 1.165) is 0 Å². The Labute approximate surface area is 118 Å². The third-order valence-electron chi connectivity index (χ3n) is 2.79. The fourth-order valence-corrected chi connectivity index (χ4v) is 4.03. The largest absolute Gasteiger partial charge is 0.508 e. The van der Waals surface area contributed by atoms with Crippen LogP contribution in [0.5, 0.6) is 5.75 Å². The van der Waals surface area contributed by atoms with Crippen molar-refractivity contribution in [2.75, 3.05) is 6.16 Å². The monoisotopic (exact) mass is 326 g/mol. The summed E-state index contributed by atoms with van der Waals surface area (Å²) in [4.78, 5) is 54.4. The van der Waals surface area contributed by atoms with Crippen LogP contribution >= 0.6 is 15.9 Å². The maximum absolute atomic E-state index is 9.96. The average Bonchev–Trinajstić information content (AvgIpc) is 2.09. The molecular formula is C11H20O7P2+2. The van der Waals surface area contributed by atoms with E-state index < -0.39 is 21.3 Å². The first-order valence-corrected chi connectivity index (χ1v) is 9.42. The van der Waals surface area contributed by atoms with Crippen molar-refractivity contribution >= 4 is 15.9 Å². The minimum absolute atomic E-state index is 0.186. The highest BCUT2D eigenvalue weighted by Gasteiger charge is 2.41. The molecule has 0 aliphatic carbocycles. The van der Waals surface area contributed by atoms with E-state index >= 15 is 0 Å². The van der Waals surface area contributed by atoms with Crippen LogP contribution in [0.4, 0.5) is 0 Å². The Balaban J connectivity index is 3.04. The molecule has 1 aromatic rings. The maximum atomic E-state index is 9.96. The van der Waals surface area contributed by atoms with Crippen molar-refractivity contribution < 1.29 is 34.5 Å². The minimum atomic E-state index is -3.99. The molecule has 9 heteroatoms. The first-order valence-electron chi connectivity index (χ1n) is 5.75. The number of rotatable bonds is 5. The zero-order chi connectivity index (χ0) is 15.8. The van der Waals surface area contributed by atoms with Crippen LogP contribution in [-0.2, 0) is 11.6 Å². The number of hydrogen-bond acceptors (Lipinski definition) is 7. The molecule has 0 fully saturated rings. The molecule has 0 spiro atoms. The SMILES string of the molecule is CC(C)(C[P+](O)(O)O)c1ccc(C[P+](O)(O)O)cc1O. The molecule has 0 aromatic heterocycles. The van der Waals surface area contributed by atoms with Gasteiger partial charge in [0.05, 0.1) is 0 Å². The van der Waals surface area contributed by atoms with E-state index in [0.29, 0.717) is 11.1 Å². The number of phenolic OH excluding ortho intramolecular Hbond substituents is 1. The van der Waals surface area contributed by atoms with Crippen molar-refractivity contribution in [3.05, 3.63) is 29.3 Å². The van der Waals surface area contributed by atoms with Gasteiger partial charge in [-0.3, -0.25) is 0 Å². The molecular weight excluding hydrogens is 306 g/mol. The van der Waals surface area contributed by atoms with Crippen molar-refractivity contribution in [1.82, 2.24) is 0 Å². The second-order valence-corrected chi connectivity index (χ2v) is 8.84. The van der Waals surface area contributed by atoms with Gasteiger partial charge in [0.2, 0.25) is 0 Å². The molecule has 0 radical (unpaired) electrons. The number of benzene rings is 1. The molecule has 0 unspecified atom stereocenters. The number of aromatic hydroxyl groups is 1. The van der Waals surface area contributed by atoms with Gasteiger partial charge in [-0.2, -0.15) is 29.4 Å². The predicted molar refractivity (Wildman–Crippen MR) is 76.9 cm³/mol. The summed E-state index contributed by atoms with van der Waals surface area (Å²) in [6.07, 6.45) is -0.692. The first-order chi connectivity index (χ1) is 8.80. The Morgan fingerprint density at radius 2 is 1.50 bits per heavy atom. The summed E-state index contributed by atoms with van der Waals surface area (Å²) in [6.45, 7) is 3.25. The van der Waals surface area contributed by atoms with Crippen LogP contribution in [0.3, 0.4) is 0 Å². The summed E-state index contributed by atoms with van der Waals surface area (Å²) >= 11 is 0. The van der Waals surface area contributed by atoms with Crippen LogP contribution in [0.1, 0.15) is 25.0 Å². The zero-order valence-electron chi connectivity index (χ0n) is 11.2. The van der Waals surface area contributed by atoms with Crippen LogP contribution in [0.2, 0.25) is 0 Å². The van der Waals surface area contributed by atoms with Gasteiger partial charge in [0.15, 0.2) is 6.16 Å². The van der Waals surface area contributed by atoms with Crippen molar-refractivity contribution in [3.63, 3.8) is 0 Å². The standard InChI is InChI=1S/C11H19O7P2/c1-11(2,7-20(16,17)18)9-4-3-8(5-10(9)12)6-19(13,14)15/h3-5,13-18H,6-7H2,1-2H3/q+1/p+1. The van der Waals surface area contributed by atoms with Crippen molar-refractivity contribution in [3.8, 4) is 5.75 Å². The van der Waals surface area contributed by atoms with Gasteiger partial charge in [-0.25, -0.2) is 0 Å². The quantitative estimate of drug-likeness (QED) is 0.394. The third kappa shape index (κ3) is 5.56. The molecule has 1 rings (SSSR count). The van der Waals surface area contributed by atoms with Gasteiger partial charge in [-0.05, 0) is 6.07 Å². The second kappa shape index (κ2) is 5.79. The van der Waals surface area contributed by atoms with Gasteiger partial charge < -0.3 is 5.11 Å². The summed E-state index contributed by atoms with van der Waals surface area (Å²) in [5, 5.41) is 9.96. The maximum Gasteiger partial charge on any atom is 0.408 e. The average molecular weight is 326 g/mol. The lowest BCUT2D eigenvalue weighted by atomic mass is 9.85. The number of phenols is 1. The number of hydrogen-bond donors (Lipinski definition) is 7. The van der Waals surface area contributed by atoms with Gasteiger partial charge in [0.1, 0.15) is 11.9 Å². The fraction of sp³-hybridized carbons (Fsp3) is 0.455. The lowest BCUT2D eigenvalue weighted by Gasteiger charge is -2.25. The summed E-state index contributed by atoms with van der Waals surface area (Å²) < 4.78 is 0. The summed E-state index contributed by atoms with van der Waals surface area (Å²) in [5.41, 5.74) is -0.181. The lowest BCUT2D eigenvalue weighted by molar-refractivity contribution is 0.316. The van der Waals surface area contributed by atoms with E-state index in [1.165, 1.54) is 18.2 Å². The topological polar surface area (TPSA) is 142 Å². The van der Waals surface area contributed by atoms with Crippen LogP contribution in [0.15, 0.2) is 18.2 Å². The summed E-state index contributed by atoms with van der Waals surface area (Å²) in [7, 11) is -7.97. The van der Waals surface area contributed by atoms with E-state index in [1.54, 1.807) is 13.8 Å². The molecule has 0 aliphatic rings. The first kappa shape index (κ1) is 17.7. The van der Waals surface area contributed by atoms with Crippen LogP contribution in [-0.4, -0.2) is 40.6 Å². The Morgan fingerprint density at radius 1 is 0.950 bits per heavy atom. The van der Waals surface area contributed by atoms with E-state index in [2.05, 4.69) is 0 Å². The van der Waals surface area contributed by atoms with Gasteiger partial charge in [-0.15, -0.1) is 0 Å². The molecule has 114 valence electrons. The van der Waals surface area contributed by atoms with Crippen LogP contribution in [0.25, 0.3) is 0 Å². The van der Waals surface area contributed by atoms with Crippen molar-refractivity contribution in [2.24, 2.45) is 0 Å². The van der Waals surface area contributed by atoms with Gasteiger partial charge in [0, 0.05) is 16.5 Å². The fourth-order valence-electron chi connectivity index (χ4n) is 2.11. The Hall–Kier alpha value is -0.360. The smallest absolute Gasteiger partial charge is 0.408 e. The Morgan fingerprint density at radius 3 is 1.90 bits per heavy atom. The highest BCUT2D eigenvalue weighted by atomic mass is 31.2. The third-order valence-corrected chi connectivity index (χ3v) is 4.80. The molecule has 0 amide bonds. The second-order valence-electron chi connectivity index (χ2n) is 5.44. The molecule has 20 heavy (non-hydrogen) atoms. The minimum Gasteiger partial charge on any atom is -0.508 e. The van der Waals surface area contributed by atoms with Crippen molar-refractivity contribution in [1.29, 1.82) is 0 Å². The van der Waals surface area contributed by atoms with E-state index in [-0.39, 0.29) is 18.1 Å². The molecule has 0 saturated heterocycles. The molecule has 7 nitrogen and oxygen atoms in total. The predicted octanol–water partition coefficient (Wildman–Crippen LogP) is 0.649. The molecule has 0 bridgehead atoms. The van der Waals surface area contributed by atoms with Crippen LogP contribution < -0.4 is 0 Å². The molecule has 0 atom stereocenters. The van der Waals surface area contributed by atoms with E-state index in [9.17, 15) is 5.11 Å². The highest BCUT2D eigenvalue weighted by molar-refractivity contribution is 7.58. The molecule has 0 aliphatic heterocycles. The van der Waals surface area contributed by atoms with Gasteiger partial charge >= 0.3 is 15.9 Å². The summed E-state index contributed by atoms with van der Waals surface area (Å²) in [5.74, 6) is -0.186.